The molecule has 0 amide bonds. The zero-order valence-corrected chi connectivity index (χ0v) is 18.2. The van der Waals surface area contributed by atoms with Gasteiger partial charge in [-0.2, -0.15) is 0 Å². The molecule has 154 valence electrons. The van der Waals surface area contributed by atoms with Crippen LogP contribution in [0.25, 0.3) is 11.1 Å². The van der Waals surface area contributed by atoms with Crippen molar-refractivity contribution in [2.75, 3.05) is 16.8 Å². The molecule has 0 aromatic heterocycles. The Kier molecular flexibility index (Phi) is 5.21. The van der Waals surface area contributed by atoms with Crippen molar-refractivity contribution in [3.05, 3.63) is 113 Å². The lowest BCUT2D eigenvalue weighted by molar-refractivity contribution is 1.02. The fraction of sp³-hybridized carbons (Fsp3) is 0.172. The highest BCUT2D eigenvalue weighted by molar-refractivity contribution is 5.82. The molecular formula is C29H28N2. The Morgan fingerprint density at radius 2 is 1.52 bits per heavy atom. The van der Waals surface area contributed by atoms with Gasteiger partial charge in [-0.25, -0.2) is 0 Å². The van der Waals surface area contributed by atoms with Crippen molar-refractivity contribution in [2.24, 2.45) is 0 Å². The van der Waals surface area contributed by atoms with E-state index < -0.39 is 0 Å². The molecule has 0 saturated heterocycles. The van der Waals surface area contributed by atoms with Crippen LogP contribution >= 0.6 is 0 Å². The van der Waals surface area contributed by atoms with Gasteiger partial charge in [0.05, 0.1) is 0 Å². The van der Waals surface area contributed by atoms with Crippen molar-refractivity contribution in [1.29, 1.82) is 0 Å². The predicted octanol–water partition coefficient (Wildman–Crippen LogP) is 7.34. The van der Waals surface area contributed by atoms with Crippen molar-refractivity contribution in [3.63, 3.8) is 0 Å². The fourth-order valence-corrected chi connectivity index (χ4v) is 4.49. The van der Waals surface area contributed by atoms with Crippen LogP contribution in [0.4, 0.5) is 17.1 Å². The molecule has 2 nitrogen and oxygen atoms in total. The second-order valence-corrected chi connectivity index (χ2v) is 8.31. The van der Waals surface area contributed by atoms with E-state index >= 15 is 0 Å². The van der Waals surface area contributed by atoms with E-state index in [0.717, 1.165) is 19.5 Å². The Hall–Kier alpha value is -3.52. The van der Waals surface area contributed by atoms with Gasteiger partial charge in [-0.05, 0) is 84.5 Å². The maximum absolute atomic E-state index is 3.57. The van der Waals surface area contributed by atoms with Gasteiger partial charge in [0.1, 0.15) is 0 Å². The molecule has 0 atom stereocenters. The van der Waals surface area contributed by atoms with E-state index in [9.17, 15) is 0 Å². The number of nitrogens with one attached hydrogen (secondary N) is 1. The van der Waals surface area contributed by atoms with E-state index in [2.05, 4.69) is 115 Å². The lowest BCUT2D eigenvalue weighted by atomic mass is 10.0. The Bertz CT molecular complexity index is 1190. The van der Waals surface area contributed by atoms with E-state index in [4.69, 9.17) is 0 Å². The predicted molar refractivity (Wildman–Crippen MR) is 132 cm³/mol. The Labute approximate surface area is 185 Å². The summed E-state index contributed by atoms with van der Waals surface area (Å²) in [4.78, 5) is 2.38. The third-order valence-corrected chi connectivity index (χ3v) is 6.18. The average molecular weight is 405 g/mol. The minimum absolute atomic E-state index is 0.846. The highest BCUT2D eigenvalue weighted by Gasteiger charge is 2.20. The van der Waals surface area contributed by atoms with Crippen molar-refractivity contribution in [3.8, 4) is 11.1 Å². The molecule has 0 fully saturated rings. The molecule has 31 heavy (non-hydrogen) atoms. The normalized spacial score (nSPS) is 11.7. The number of hydrogen-bond donors (Lipinski definition) is 1. The fourth-order valence-electron chi connectivity index (χ4n) is 4.49. The average Bonchev–Trinajstić information content (AvgIpc) is 3.17. The summed E-state index contributed by atoms with van der Waals surface area (Å²) in [5, 5.41) is 3.57. The van der Waals surface area contributed by atoms with E-state index in [1.807, 2.05) is 0 Å². The van der Waals surface area contributed by atoms with Gasteiger partial charge in [0.2, 0.25) is 0 Å². The number of rotatable bonds is 6. The molecular weight excluding hydrogens is 376 g/mol. The van der Waals surface area contributed by atoms with Crippen LogP contribution in [0.5, 0.6) is 0 Å². The summed E-state index contributed by atoms with van der Waals surface area (Å²) in [6, 6.07) is 33.1. The molecule has 0 spiro atoms. The zero-order chi connectivity index (χ0) is 21.2. The molecule has 4 aromatic carbocycles. The first-order valence-electron chi connectivity index (χ1n) is 11.1. The van der Waals surface area contributed by atoms with Gasteiger partial charge < -0.3 is 10.2 Å². The molecule has 1 aliphatic carbocycles. The van der Waals surface area contributed by atoms with Crippen molar-refractivity contribution in [1.82, 2.24) is 0 Å². The zero-order valence-electron chi connectivity index (χ0n) is 18.2. The minimum Gasteiger partial charge on any atom is -0.381 e. The molecule has 1 aliphatic rings. The van der Waals surface area contributed by atoms with Gasteiger partial charge in [0.15, 0.2) is 0 Å². The van der Waals surface area contributed by atoms with Crippen LogP contribution in [0.2, 0.25) is 0 Å². The number of nitrogens with zero attached hydrogens (tertiary/aromatic N) is 1. The molecule has 2 heteroatoms. The van der Waals surface area contributed by atoms with Crippen LogP contribution in [0, 0.1) is 6.92 Å². The summed E-state index contributed by atoms with van der Waals surface area (Å²) >= 11 is 0. The maximum atomic E-state index is 3.57. The summed E-state index contributed by atoms with van der Waals surface area (Å²) < 4.78 is 0. The van der Waals surface area contributed by atoms with Crippen LogP contribution < -0.4 is 10.2 Å². The summed E-state index contributed by atoms with van der Waals surface area (Å²) in [5.41, 5.74) is 11.8. The van der Waals surface area contributed by atoms with Crippen LogP contribution in [0.1, 0.15) is 29.2 Å². The summed E-state index contributed by atoms with van der Waals surface area (Å²) in [7, 11) is 0. The van der Waals surface area contributed by atoms with Crippen molar-refractivity contribution >= 4 is 17.1 Å². The lowest BCUT2D eigenvalue weighted by Gasteiger charge is -2.24. The molecule has 0 bridgehead atoms. The second kappa shape index (κ2) is 8.31. The maximum Gasteiger partial charge on any atom is 0.0417 e. The van der Waals surface area contributed by atoms with Gasteiger partial charge in [0.25, 0.3) is 0 Å². The minimum atomic E-state index is 0.846. The third kappa shape index (κ3) is 3.94. The number of benzene rings is 4. The van der Waals surface area contributed by atoms with E-state index in [1.165, 1.54) is 50.4 Å². The summed E-state index contributed by atoms with van der Waals surface area (Å²) in [6.07, 6.45) is 1.00. The molecule has 4 aromatic rings. The molecule has 0 heterocycles. The smallest absolute Gasteiger partial charge is 0.0417 e. The number of hydrogen-bond acceptors (Lipinski definition) is 2. The van der Waals surface area contributed by atoms with E-state index in [0.29, 0.717) is 0 Å². The van der Waals surface area contributed by atoms with Gasteiger partial charge in [0, 0.05) is 30.2 Å². The Morgan fingerprint density at radius 1 is 0.742 bits per heavy atom. The molecule has 0 saturated carbocycles. The SMILES string of the molecule is CCN(c1ccc(C)cc1)c1ccc2c(c1)-c1ccc(NCc3ccccc3)cc1C2. The molecule has 0 unspecified atom stereocenters. The first kappa shape index (κ1) is 19.4. The van der Waals surface area contributed by atoms with Crippen LogP contribution in [-0.4, -0.2) is 6.54 Å². The monoisotopic (exact) mass is 404 g/mol. The Balaban J connectivity index is 1.40. The largest absolute Gasteiger partial charge is 0.381 e. The summed E-state index contributed by atoms with van der Waals surface area (Å²) in [6.45, 7) is 6.14. The van der Waals surface area contributed by atoms with Gasteiger partial charge in [-0.15, -0.1) is 0 Å². The Morgan fingerprint density at radius 3 is 2.29 bits per heavy atom. The molecule has 0 aliphatic heterocycles. The summed E-state index contributed by atoms with van der Waals surface area (Å²) in [5.74, 6) is 0. The first-order valence-corrected chi connectivity index (χ1v) is 11.1. The van der Waals surface area contributed by atoms with Crippen molar-refractivity contribution in [2.45, 2.75) is 26.8 Å². The number of fused-ring (bicyclic) bond motifs is 3. The van der Waals surface area contributed by atoms with Crippen LogP contribution in [-0.2, 0) is 13.0 Å². The van der Waals surface area contributed by atoms with E-state index in [-0.39, 0.29) is 0 Å². The number of anilines is 3. The van der Waals surface area contributed by atoms with Crippen LogP contribution in [0.3, 0.4) is 0 Å². The highest BCUT2D eigenvalue weighted by atomic mass is 15.1. The van der Waals surface area contributed by atoms with Crippen molar-refractivity contribution < 1.29 is 0 Å². The third-order valence-electron chi connectivity index (χ3n) is 6.18. The molecule has 1 N–H and O–H groups in total. The highest BCUT2D eigenvalue weighted by Crippen LogP contribution is 2.41. The number of aryl methyl sites for hydroxylation is 1. The molecule has 5 rings (SSSR count). The van der Waals surface area contributed by atoms with E-state index in [1.54, 1.807) is 0 Å². The molecule has 0 radical (unpaired) electrons. The van der Waals surface area contributed by atoms with Gasteiger partial charge in [-0.1, -0.05) is 60.2 Å². The second-order valence-electron chi connectivity index (χ2n) is 8.31. The quantitative estimate of drug-likeness (QED) is 0.318. The van der Waals surface area contributed by atoms with Gasteiger partial charge in [-0.3, -0.25) is 0 Å². The lowest BCUT2D eigenvalue weighted by Crippen LogP contribution is -2.15. The standard InChI is InChI=1S/C29H28N2/c1-3-31(26-13-9-21(2)10-14-26)27-15-11-23-17-24-18-25(12-16-28(24)29(23)19-27)30-20-22-7-5-4-6-8-22/h4-16,18-19,30H,3,17,20H2,1-2H3. The first-order chi connectivity index (χ1) is 15.2. The topological polar surface area (TPSA) is 15.3 Å². The van der Waals surface area contributed by atoms with Gasteiger partial charge >= 0.3 is 0 Å². The van der Waals surface area contributed by atoms with Crippen LogP contribution in [0.15, 0.2) is 91.0 Å².